The molecule has 0 aliphatic carbocycles. The SMILES string of the molecule is O=C(O)C1CC2CCC1N2S(=O)(=O)c1ccc(Cl)c2ccccc12. The number of benzene rings is 2. The van der Waals surface area contributed by atoms with Crippen LogP contribution in [0.15, 0.2) is 41.3 Å². The van der Waals surface area contributed by atoms with Gasteiger partial charge in [0.05, 0.1) is 10.8 Å². The van der Waals surface area contributed by atoms with Crippen molar-refractivity contribution < 1.29 is 18.3 Å². The molecule has 2 aromatic rings. The summed E-state index contributed by atoms with van der Waals surface area (Å²) in [4.78, 5) is 11.6. The normalized spacial score (nSPS) is 27.0. The molecule has 2 saturated heterocycles. The molecule has 126 valence electrons. The van der Waals surface area contributed by atoms with E-state index in [2.05, 4.69) is 0 Å². The third-order valence-electron chi connectivity index (χ3n) is 5.18. The number of carboxylic acids is 1. The van der Waals surface area contributed by atoms with Crippen LogP contribution in [0.1, 0.15) is 19.3 Å². The minimum atomic E-state index is -3.77. The lowest BCUT2D eigenvalue weighted by Gasteiger charge is -2.23. The molecule has 1 N–H and O–H groups in total. The second-order valence-corrected chi connectivity index (χ2v) is 8.62. The van der Waals surface area contributed by atoms with Crippen LogP contribution in [0.3, 0.4) is 0 Å². The van der Waals surface area contributed by atoms with E-state index in [-0.39, 0.29) is 10.9 Å². The van der Waals surface area contributed by atoms with Gasteiger partial charge >= 0.3 is 5.97 Å². The van der Waals surface area contributed by atoms with Gasteiger partial charge in [0.25, 0.3) is 0 Å². The summed E-state index contributed by atoms with van der Waals surface area (Å²) in [5.74, 6) is -1.53. The monoisotopic (exact) mass is 365 g/mol. The molecule has 5 nitrogen and oxygen atoms in total. The van der Waals surface area contributed by atoms with Gasteiger partial charge in [0, 0.05) is 27.9 Å². The molecule has 4 rings (SSSR count). The number of halogens is 1. The van der Waals surface area contributed by atoms with E-state index in [1.807, 2.05) is 6.07 Å². The Balaban J connectivity index is 1.86. The Morgan fingerprint density at radius 1 is 1.12 bits per heavy atom. The summed E-state index contributed by atoms with van der Waals surface area (Å²) in [7, 11) is -3.77. The Morgan fingerprint density at radius 3 is 2.50 bits per heavy atom. The fourth-order valence-electron chi connectivity index (χ4n) is 4.15. The van der Waals surface area contributed by atoms with Crippen molar-refractivity contribution in [3.05, 3.63) is 41.4 Å². The number of fused-ring (bicyclic) bond motifs is 3. The van der Waals surface area contributed by atoms with Crippen molar-refractivity contribution in [3.8, 4) is 0 Å². The van der Waals surface area contributed by atoms with Gasteiger partial charge < -0.3 is 5.11 Å². The van der Waals surface area contributed by atoms with E-state index in [0.29, 0.717) is 28.6 Å². The van der Waals surface area contributed by atoms with Gasteiger partial charge in [0.2, 0.25) is 10.0 Å². The van der Waals surface area contributed by atoms with Crippen molar-refractivity contribution >= 4 is 38.4 Å². The highest BCUT2D eigenvalue weighted by atomic mass is 35.5. The molecule has 2 aliphatic rings. The number of hydrogen-bond donors (Lipinski definition) is 1. The van der Waals surface area contributed by atoms with Crippen LogP contribution in [0.4, 0.5) is 0 Å². The van der Waals surface area contributed by atoms with Crippen LogP contribution >= 0.6 is 11.6 Å². The molecular weight excluding hydrogens is 350 g/mol. The van der Waals surface area contributed by atoms with Gasteiger partial charge in [-0.05, 0) is 31.4 Å². The quantitative estimate of drug-likeness (QED) is 0.906. The van der Waals surface area contributed by atoms with E-state index in [9.17, 15) is 18.3 Å². The number of hydrogen-bond acceptors (Lipinski definition) is 3. The van der Waals surface area contributed by atoms with Gasteiger partial charge in [-0.3, -0.25) is 4.79 Å². The zero-order valence-electron chi connectivity index (χ0n) is 12.7. The first-order valence-electron chi connectivity index (χ1n) is 7.85. The molecule has 24 heavy (non-hydrogen) atoms. The number of carboxylic acid groups (broad SMARTS) is 1. The Labute approximate surface area is 144 Å². The third kappa shape index (κ3) is 2.17. The summed E-state index contributed by atoms with van der Waals surface area (Å²) in [5.41, 5.74) is 0. The first-order valence-corrected chi connectivity index (χ1v) is 9.66. The van der Waals surface area contributed by atoms with Gasteiger partial charge in [-0.2, -0.15) is 4.31 Å². The molecule has 0 spiro atoms. The lowest BCUT2D eigenvalue weighted by molar-refractivity contribution is -0.142. The summed E-state index contributed by atoms with van der Waals surface area (Å²) in [5, 5.41) is 11.1. The van der Waals surface area contributed by atoms with Crippen molar-refractivity contribution in [2.24, 2.45) is 5.92 Å². The van der Waals surface area contributed by atoms with Gasteiger partial charge in [-0.15, -0.1) is 0 Å². The smallest absolute Gasteiger partial charge is 0.308 e. The first-order chi connectivity index (χ1) is 11.4. The lowest BCUT2D eigenvalue weighted by atomic mass is 9.89. The highest BCUT2D eigenvalue weighted by Gasteiger charge is 2.54. The Hall–Kier alpha value is -1.63. The molecule has 0 saturated carbocycles. The molecule has 0 aromatic heterocycles. The minimum Gasteiger partial charge on any atom is -0.481 e. The predicted octanol–water partition coefficient (Wildman–Crippen LogP) is 3.12. The summed E-state index contributed by atoms with van der Waals surface area (Å²) in [6.07, 6.45) is 1.72. The van der Waals surface area contributed by atoms with Crippen LogP contribution in [0.5, 0.6) is 0 Å². The Bertz CT molecular complexity index is 943. The molecule has 2 aliphatic heterocycles. The maximum Gasteiger partial charge on any atom is 0.308 e. The molecule has 2 bridgehead atoms. The minimum absolute atomic E-state index is 0.199. The van der Waals surface area contributed by atoms with E-state index in [1.165, 1.54) is 10.4 Å². The molecule has 2 aromatic carbocycles. The fraction of sp³-hybridized carbons (Fsp3) is 0.353. The number of nitrogens with zero attached hydrogens (tertiary/aromatic N) is 1. The van der Waals surface area contributed by atoms with Gasteiger partial charge in [-0.1, -0.05) is 35.9 Å². The van der Waals surface area contributed by atoms with Crippen LogP contribution < -0.4 is 0 Å². The van der Waals surface area contributed by atoms with Crippen LogP contribution in [0, 0.1) is 5.92 Å². The van der Waals surface area contributed by atoms with E-state index in [1.54, 1.807) is 24.3 Å². The van der Waals surface area contributed by atoms with Crippen molar-refractivity contribution in [2.45, 2.75) is 36.2 Å². The van der Waals surface area contributed by atoms with Crippen LogP contribution in [-0.4, -0.2) is 35.9 Å². The molecular formula is C17H16ClNO4S. The van der Waals surface area contributed by atoms with Crippen molar-refractivity contribution in [3.63, 3.8) is 0 Å². The summed E-state index contributed by atoms with van der Waals surface area (Å²) in [6.45, 7) is 0. The van der Waals surface area contributed by atoms with Gasteiger partial charge in [0.15, 0.2) is 0 Å². The number of rotatable bonds is 3. The van der Waals surface area contributed by atoms with Crippen LogP contribution in [0.2, 0.25) is 5.02 Å². The van der Waals surface area contributed by atoms with Crippen molar-refractivity contribution in [1.29, 1.82) is 0 Å². The molecule has 7 heteroatoms. The van der Waals surface area contributed by atoms with Crippen molar-refractivity contribution in [1.82, 2.24) is 4.31 Å². The van der Waals surface area contributed by atoms with E-state index >= 15 is 0 Å². The highest BCUT2D eigenvalue weighted by molar-refractivity contribution is 7.89. The average molecular weight is 366 g/mol. The Kier molecular flexibility index (Phi) is 3.60. The number of aliphatic carboxylic acids is 1. The average Bonchev–Trinajstić information content (AvgIpc) is 3.14. The largest absolute Gasteiger partial charge is 0.481 e. The molecule has 2 fully saturated rings. The molecule has 3 unspecified atom stereocenters. The zero-order chi connectivity index (χ0) is 17.1. The maximum absolute atomic E-state index is 13.3. The van der Waals surface area contributed by atoms with E-state index in [0.717, 1.165) is 6.42 Å². The summed E-state index contributed by atoms with van der Waals surface area (Å²) in [6, 6.07) is 9.54. The number of sulfonamides is 1. The van der Waals surface area contributed by atoms with E-state index in [4.69, 9.17) is 11.6 Å². The molecule has 0 amide bonds. The molecule has 2 heterocycles. The summed E-state index contributed by atoms with van der Waals surface area (Å²) < 4.78 is 28.0. The lowest BCUT2D eigenvalue weighted by Crippen LogP contribution is -2.37. The molecule has 0 radical (unpaired) electrons. The van der Waals surface area contributed by atoms with Gasteiger partial charge in [0.1, 0.15) is 0 Å². The molecule has 3 atom stereocenters. The second kappa shape index (κ2) is 5.44. The maximum atomic E-state index is 13.3. The van der Waals surface area contributed by atoms with Crippen LogP contribution in [0.25, 0.3) is 10.8 Å². The first kappa shape index (κ1) is 15.9. The Morgan fingerprint density at radius 2 is 1.83 bits per heavy atom. The standard InChI is InChI=1S/C17H16ClNO4S/c18-14-6-8-16(12-4-2-1-3-11(12)14)24(22,23)19-10-5-7-15(19)13(9-10)17(20)21/h1-4,6,8,10,13,15H,5,7,9H2,(H,20,21). The predicted molar refractivity (Wildman–Crippen MR) is 90.5 cm³/mol. The fourth-order valence-corrected chi connectivity index (χ4v) is 6.50. The van der Waals surface area contributed by atoms with Gasteiger partial charge in [-0.25, -0.2) is 8.42 Å². The summed E-state index contributed by atoms with van der Waals surface area (Å²) >= 11 is 6.19. The highest BCUT2D eigenvalue weighted by Crippen LogP contribution is 2.46. The topological polar surface area (TPSA) is 74.7 Å². The van der Waals surface area contributed by atoms with Crippen LogP contribution in [-0.2, 0) is 14.8 Å². The second-order valence-electron chi connectivity index (χ2n) is 6.41. The van der Waals surface area contributed by atoms with E-state index < -0.39 is 28.0 Å². The third-order valence-corrected chi connectivity index (χ3v) is 7.54. The zero-order valence-corrected chi connectivity index (χ0v) is 14.3. The van der Waals surface area contributed by atoms with Crippen molar-refractivity contribution in [2.75, 3.05) is 0 Å². The number of carbonyl (C=O) groups is 1.